The molecule has 0 spiro atoms. The van der Waals surface area contributed by atoms with Crippen LogP contribution in [-0.4, -0.2) is 16.7 Å². The van der Waals surface area contributed by atoms with E-state index < -0.39 is 11.7 Å². The summed E-state index contributed by atoms with van der Waals surface area (Å²) in [6.45, 7) is 0.539. The monoisotopic (exact) mass is 414 g/mol. The molecule has 1 heterocycles. The van der Waals surface area contributed by atoms with E-state index in [1.54, 1.807) is 12.1 Å². The number of nitriles is 1. The molecule has 1 aromatic heterocycles. The molecular formula is C24H16F2N4O. The fourth-order valence-electron chi connectivity index (χ4n) is 3.28. The van der Waals surface area contributed by atoms with Crippen molar-refractivity contribution in [3.05, 3.63) is 107 Å². The number of amides is 1. The number of aromatic nitrogens is 1. The summed E-state index contributed by atoms with van der Waals surface area (Å²) >= 11 is 0. The number of nitrogens with zero attached hydrogens (tertiary/aromatic N) is 3. The van der Waals surface area contributed by atoms with Crippen molar-refractivity contribution < 1.29 is 13.6 Å². The van der Waals surface area contributed by atoms with Crippen LogP contribution in [0.3, 0.4) is 0 Å². The van der Waals surface area contributed by atoms with Crippen molar-refractivity contribution in [3.63, 3.8) is 0 Å². The van der Waals surface area contributed by atoms with Crippen LogP contribution in [0.2, 0.25) is 0 Å². The highest BCUT2D eigenvalue weighted by Crippen LogP contribution is 2.21. The minimum absolute atomic E-state index is 0.131. The summed E-state index contributed by atoms with van der Waals surface area (Å²) in [4.78, 5) is 12.2. The molecule has 31 heavy (non-hydrogen) atoms. The van der Waals surface area contributed by atoms with Gasteiger partial charge in [-0.2, -0.15) is 10.4 Å². The fraction of sp³-hybridized carbons (Fsp3) is 0.0417. The van der Waals surface area contributed by atoms with E-state index in [-0.39, 0.29) is 16.9 Å². The maximum Gasteiger partial charge on any atom is 0.274 e. The van der Waals surface area contributed by atoms with Crippen molar-refractivity contribution in [2.24, 2.45) is 5.10 Å². The first-order chi connectivity index (χ1) is 15.0. The van der Waals surface area contributed by atoms with Gasteiger partial charge >= 0.3 is 0 Å². The van der Waals surface area contributed by atoms with E-state index in [0.29, 0.717) is 6.54 Å². The van der Waals surface area contributed by atoms with Gasteiger partial charge in [-0.1, -0.05) is 30.3 Å². The van der Waals surface area contributed by atoms with Crippen LogP contribution in [0.5, 0.6) is 0 Å². The highest BCUT2D eigenvalue weighted by Gasteiger charge is 2.12. The SMILES string of the molecule is N#Cc1ccc(C(=O)N/N=C/c2cn(Cc3ccc(F)cc3)c3ccccc23)c(F)c1. The summed E-state index contributed by atoms with van der Waals surface area (Å²) in [5.41, 5.74) is 4.90. The zero-order chi connectivity index (χ0) is 21.8. The largest absolute Gasteiger partial charge is 0.342 e. The van der Waals surface area contributed by atoms with E-state index in [1.165, 1.54) is 30.5 Å². The molecule has 0 atom stereocenters. The summed E-state index contributed by atoms with van der Waals surface area (Å²) in [7, 11) is 0. The maximum atomic E-state index is 14.0. The van der Waals surface area contributed by atoms with Gasteiger partial charge in [-0.05, 0) is 42.0 Å². The second-order valence-electron chi connectivity index (χ2n) is 6.86. The highest BCUT2D eigenvalue weighted by molar-refractivity contribution is 6.00. The number of hydrazone groups is 1. The Morgan fingerprint density at radius 2 is 1.87 bits per heavy atom. The van der Waals surface area contributed by atoms with E-state index in [0.717, 1.165) is 28.1 Å². The molecule has 0 saturated carbocycles. The number of rotatable bonds is 5. The van der Waals surface area contributed by atoms with Crippen LogP contribution in [0.1, 0.15) is 27.0 Å². The third-order valence-electron chi connectivity index (χ3n) is 4.80. The number of benzene rings is 3. The summed E-state index contributed by atoms with van der Waals surface area (Å²) in [5, 5.41) is 13.7. The molecule has 0 fully saturated rings. The second kappa shape index (κ2) is 8.59. The standard InChI is InChI=1S/C24H16F2N4O/c25-19-8-5-16(6-9-19)14-30-15-18(20-3-1-2-4-23(20)30)13-28-29-24(31)21-10-7-17(12-27)11-22(21)26/h1-11,13,15H,14H2,(H,29,31)/b28-13+. The van der Waals surface area contributed by atoms with Gasteiger partial charge in [-0.15, -0.1) is 0 Å². The predicted molar refractivity (Wildman–Crippen MR) is 114 cm³/mol. The lowest BCUT2D eigenvalue weighted by Crippen LogP contribution is -2.19. The number of carbonyl (C=O) groups excluding carboxylic acids is 1. The molecule has 0 aliphatic rings. The molecule has 1 N–H and O–H groups in total. The van der Waals surface area contributed by atoms with Gasteiger partial charge in [0.15, 0.2) is 0 Å². The summed E-state index contributed by atoms with van der Waals surface area (Å²) in [5.74, 6) is -1.79. The van der Waals surface area contributed by atoms with Crippen LogP contribution >= 0.6 is 0 Å². The van der Waals surface area contributed by atoms with E-state index in [9.17, 15) is 13.6 Å². The fourth-order valence-corrected chi connectivity index (χ4v) is 3.28. The van der Waals surface area contributed by atoms with E-state index in [4.69, 9.17) is 5.26 Å². The molecule has 0 unspecified atom stereocenters. The topological polar surface area (TPSA) is 70.2 Å². The number of hydrogen-bond donors (Lipinski definition) is 1. The van der Waals surface area contributed by atoms with E-state index in [2.05, 4.69) is 10.5 Å². The molecule has 4 aromatic rings. The predicted octanol–water partition coefficient (Wildman–Crippen LogP) is 4.60. The van der Waals surface area contributed by atoms with E-state index >= 15 is 0 Å². The van der Waals surface area contributed by atoms with E-state index in [1.807, 2.05) is 41.1 Å². The van der Waals surface area contributed by atoms with Crippen LogP contribution in [0.4, 0.5) is 8.78 Å². The Balaban J connectivity index is 1.56. The van der Waals surface area contributed by atoms with Gasteiger partial charge in [0.1, 0.15) is 11.6 Å². The first-order valence-corrected chi connectivity index (χ1v) is 9.40. The van der Waals surface area contributed by atoms with Crippen LogP contribution in [0.25, 0.3) is 10.9 Å². The van der Waals surface area contributed by atoms with Crippen molar-refractivity contribution in [2.75, 3.05) is 0 Å². The minimum Gasteiger partial charge on any atom is -0.342 e. The average molecular weight is 414 g/mol. The van der Waals surface area contributed by atoms with Gasteiger partial charge in [0.05, 0.1) is 23.4 Å². The number of fused-ring (bicyclic) bond motifs is 1. The quantitative estimate of drug-likeness (QED) is 0.383. The van der Waals surface area contributed by atoms with Crippen LogP contribution in [-0.2, 0) is 6.54 Å². The molecule has 0 bridgehead atoms. The molecule has 152 valence electrons. The average Bonchev–Trinajstić information content (AvgIpc) is 3.12. The van der Waals surface area contributed by atoms with Crippen molar-refractivity contribution in [1.82, 2.24) is 9.99 Å². The number of para-hydroxylation sites is 1. The molecule has 1 amide bonds. The molecule has 0 aliphatic heterocycles. The van der Waals surface area contributed by atoms with Gasteiger partial charge in [0.25, 0.3) is 5.91 Å². The molecule has 3 aromatic carbocycles. The Bertz CT molecular complexity index is 1330. The maximum absolute atomic E-state index is 14.0. The number of halogens is 2. The van der Waals surface area contributed by atoms with Crippen molar-refractivity contribution in [1.29, 1.82) is 5.26 Å². The van der Waals surface area contributed by atoms with Crippen molar-refractivity contribution in [3.8, 4) is 6.07 Å². The zero-order valence-corrected chi connectivity index (χ0v) is 16.2. The summed E-state index contributed by atoms with van der Waals surface area (Å²) < 4.78 is 29.2. The van der Waals surface area contributed by atoms with Gasteiger partial charge < -0.3 is 4.57 Å². The smallest absolute Gasteiger partial charge is 0.274 e. The lowest BCUT2D eigenvalue weighted by molar-refractivity contribution is 0.0951. The van der Waals surface area contributed by atoms with Crippen LogP contribution < -0.4 is 5.43 Å². The molecule has 5 nitrogen and oxygen atoms in total. The van der Waals surface area contributed by atoms with Crippen molar-refractivity contribution in [2.45, 2.75) is 6.54 Å². The Morgan fingerprint density at radius 1 is 1.10 bits per heavy atom. The Hall–Kier alpha value is -4.31. The van der Waals surface area contributed by atoms with Crippen LogP contribution in [0.15, 0.2) is 78.0 Å². The van der Waals surface area contributed by atoms with Gasteiger partial charge in [-0.25, -0.2) is 14.2 Å². The minimum atomic E-state index is -0.789. The number of nitrogens with one attached hydrogen (secondary N) is 1. The summed E-state index contributed by atoms with van der Waals surface area (Å²) in [6, 6.07) is 19.4. The lowest BCUT2D eigenvalue weighted by atomic mass is 10.1. The Labute approximate surface area is 176 Å². The van der Waals surface area contributed by atoms with Crippen LogP contribution in [0, 0.1) is 23.0 Å². The Kier molecular flexibility index (Phi) is 5.54. The zero-order valence-electron chi connectivity index (χ0n) is 16.2. The molecule has 0 saturated heterocycles. The van der Waals surface area contributed by atoms with Gasteiger partial charge in [0, 0.05) is 29.2 Å². The van der Waals surface area contributed by atoms with Gasteiger partial charge in [0.2, 0.25) is 0 Å². The van der Waals surface area contributed by atoms with Gasteiger partial charge in [-0.3, -0.25) is 4.79 Å². The Morgan fingerprint density at radius 3 is 2.61 bits per heavy atom. The molecule has 0 aliphatic carbocycles. The third-order valence-corrected chi connectivity index (χ3v) is 4.80. The molecule has 4 rings (SSSR count). The first-order valence-electron chi connectivity index (χ1n) is 9.40. The number of hydrogen-bond acceptors (Lipinski definition) is 3. The van der Waals surface area contributed by atoms with Crippen molar-refractivity contribution >= 4 is 23.0 Å². The first kappa shape index (κ1) is 20.0. The lowest BCUT2D eigenvalue weighted by Gasteiger charge is -2.05. The second-order valence-corrected chi connectivity index (χ2v) is 6.86. The highest BCUT2D eigenvalue weighted by atomic mass is 19.1. The third kappa shape index (κ3) is 4.33. The summed E-state index contributed by atoms with van der Waals surface area (Å²) in [6.07, 6.45) is 3.37. The molecular weight excluding hydrogens is 398 g/mol. The molecule has 7 heteroatoms. The molecule has 0 radical (unpaired) electrons. The normalized spacial score (nSPS) is 11.0. The number of carbonyl (C=O) groups is 1.